The molecule has 0 unspecified atom stereocenters. The van der Waals surface area contributed by atoms with Gasteiger partial charge in [-0.1, -0.05) is 63.6 Å². The number of hydrogen-bond donors (Lipinski definition) is 2. The number of fused-ring (bicyclic) bond motifs is 1. The van der Waals surface area contributed by atoms with Crippen molar-refractivity contribution in [3.8, 4) is 0 Å². The van der Waals surface area contributed by atoms with Crippen LogP contribution in [0, 0.1) is 0 Å². The van der Waals surface area contributed by atoms with E-state index in [0.29, 0.717) is 17.8 Å². The summed E-state index contributed by atoms with van der Waals surface area (Å²) >= 11 is 3.32. The summed E-state index contributed by atoms with van der Waals surface area (Å²) in [6.45, 7) is 0. The highest BCUT2D eigenvalue weighted by atomic mass is 79.9. The molecule has 0 aromatic heterocycles. The molecule has 4 nitrogen and oxygen atoms in total. The van der Waals surface area contributed by atoms with Gasteiger partial charge < -0.3 is 0 Å². The molecule has 0 aliphatic rings. The van der Waals surface area contributed by atoms with Gasteiger partial charge in [-0.2, -0.15) is 0 Å². The van der Waals surface area contributed by atoms with Crippen molar-refractivity contribution in [3.05, 3.63) is 82.3 Å². The molecule has 3 rings (SSSR count). The van der Waals surface area contributed by atoms with Crippen LogP contribution < -0.4 is 10.9 Å². The Kier molecular flexibility index (Phi) is 4.91. The van der Waals surface area contributed by atoms with E-state index in [1.165, 1.54) is 0 Å². The van der Waals surface area contributed by atoms with Crippen molar-refractivity contribution in [1.82, 2.24) is 0 Å². The second kappa shape index (κ2) is 7.27. The molecule has 120 valence electrons. The first-order valence-electron chi connectivity index (χ1n) is 7.44. The summed E-state index contributed by atoms with van der Waals surface area (Å²) in [5, 5.41) is 4.82. The fourth-order valence-corrected chi connectivity index (χ4v) is 2.71. The maximum atomic E-state index is 12.0. The lowest BCUT2D eigenvalue weighted by molar-refractivity contribution is -0.722. The minimum absolute atomic E-state index is 0.372. The SMILES string of the molecule is NC(Cc1cccc2ccccc12)=[NH+]OC(=O)c1ccc(Br)cc1. The van der Waals surface area contributed by atoms with Crippen LogP contribution in [-0.4, -0.2) is 11.8 Å². The molecular formula is C19H16BrN2O2+. The van der Waals surface area contributed by atoms with Crippen molar-refractivity contribution >= 4 is 38.5 Å². The fourth-order valence-electron chi connectivity index (χ4n) is 2.44. The van der Waals surface area contributed by atoms with Crippen LogP contribution in [0.3, 0.4) is 0 Å². The van der Waals surface area contributed by atoms with E-state index in [0.717, 1.165) is 20.8 Å². The molecule has 0 amide bonds. The zero-order chi connectivity index (χ0) is 16.9. The molecule has 0 heterocycles. The van der Waals surface area contributed by atoms with Crippen molar-refractivity contribution in [2.45, 2.75) is 6.42 Å². The first kappa shape index (κ1) is 16.2. The van der Waals surface area contributed by atoms with Gasteiger partial charge in [-0.3, -0.25) is 10.6 Å². The largest absolute Gasteiger partial charge is 0.387 e. The summed E-state index contributed by atoms with van der Waals surface area (Å²) in [6, 6.07) is 21.0. The van der Waals surface area contributed by atoms with Gasteiger partial charge in [0.15, 0.2) is 0 Å². The number of carbonyl (C=O) groups is 1. The number of carbonyl (C=O) groups excluding carboxylic acids is 1. The Bertz CT molecular complexity index is 899. The molecule has 24 heavy (non-hydrogen) atoms. The molecule has 3 N–H and O–H groups in total. The molecule has 0 fully saturated rings. The lowest BCUT2D eigenvalue weighted by atomic mass is 10.0. The fraction of sp³-hybridized carbons (Fsp3) is 0.0526. The second-order valence-corrected chi connectivity index (χ2v) is 6.25. The van der Waals surface area contributed by atoms with Crippen molar-refractivity contribution in [3.63, 3.8) is 0 Å². The lowest BCUT2D eigenvalue weighted by Gasteiger charge is -2.04. The first-order valence-corrected chi connectivity index (χ1v) is 8.23. The average molecular weight is 384 g/mol. The zero-order valence-corrected chi connectivity index (χ0v) is 14.4. The third kappa shape index (κ3) is 3.81. The molecule has 0 aliphatic heterocycles. The van der Waals surface area contributed by atoms with Crippen molar-refractivity contribution in [2.75, 3.05) is 0 Å². The molecule has 3 aromatic carbocycles. The van der Waals surface area contributed by atoms with Gasteiger partial charge in [0.25, 0.3) is 5.84 Å². The Morgan fingerprint density at radius 1 is 1.00 bits per heavy atom. The molecule has 0 atom stereocenters. The van der Waals surface area contributed by atoms with Crippen LogP contribution in [0.5, 0.6) is 0 Å². The van der Waals surface area contributed by atoms with E-state index < -0.39 is 5.97 Å². The number of halogens is 1. The number of nitrogens with one attached hydrogen (secondary N) is 1. The molecular weight excluding hydrogens is 368 g/mol. The van der Waals surface area contributed by atoms with Gasteiger partial charge in [-0.15, -0.1) is 0 Å². The predicted molar refractivity (Wildman–Crippen MR) is 97.4 cm³/mol. The number of nitrogens with two attached hydrogens (primary N) is 1. The molecule has 3 aromatic rings. The molecule has 0 aliphatic carbocycles. The van der Waals surface area contributed by atoms with Crippen LogP contribution >= 0.6 is 15.9 Å². The van der Waals surface area contributed by atoms with Gasteiger partial charge in [-0.05, 0) is 40.6 Å². The topological polar surface area (TPSA) is 66.3 Å². The summed E-state index contributed by atoms with van der Waals surface area (Å²) in [5.41, 5.74) is 7.48. The third-order valence-electron chi connectivity index (χ3n) is 3.62. The van der Waals surface area contributed by atoms with Gasteiger partial charge >= 0.3 is 5.97 Å². The van der Waals surface area contributed by atoms with Crippen LogP contribution in [0.4, 0.5) is 0 Å². The number of benzene rings is 3. The minimum atomic E-state index is -0.483. The van der Waals surface area contributed by atoms with Crippen molar-refractivity contribution < 1.29 is 14.8 Å². The van der Waals surface area contributed by atoms with E-state index in [1.807, 2.05) is 30.3 Å². The Labute approximate surface area is 148 Å². The Balaban J connectivity index is 1.72. The van der Waals surface area contributed by atoms with Crippen molar-refractivity contribution in [2.24, 2.45) is 5.73 Å². The molecule has 5 heteroatoms. The van der Waals surface area contributed by atoms with E-state index in [2.05, 4.69) is 33.2 Å². The highest BCUT2D eigenvalue weighted by Gasteiger charge is 2.11. The normalized spacial score (nSPS) is 11.5. The van der Waals surface area contributed by atoms with Gasteiger partial charge in [0.05, 0.1) is 12.0 Å². The molecule has 0 saturated carbocycles. The van der Waals surface area contributed by atoms with Crippen LogP contribution in [0.1, 0.15) is 15.9 Å². The summed E-state index contributed by atoms with van der Waals surface area (Å²) in [7, 11) is 0. The maximum Gasteiger partial charge on any atom is 0.387 e. The Morgan fingerprint density at radius 2 is 1.71 bits per heavy atom. The van der Waals surface area contributed by atoms with Crippen LogP contribution in [0.25, 0.3) is 10.8 Å². The molecule has 0 spiro atoms. The highest BCUT2D eigenvalue weighted by molar-refractivity contribution is 9.10. The Hall–Kier alpha value is -2.66. The summed E-state index contributed by atoms with van der Waals surface area (Å²) in [4.78, 5) is 17.0. The maximum absolute atomic E-state index is 12.0. The predicted octanol–water partition coefficient (Wildman–Crippen LogP) is 2.35. The number of hydrogen-bond acceptors (Lipinski definition) is 2. The highest BCUT2D eigenvalue weighted by Crippen LogP contribution is 2.18. The zero-order valence-electron chi connectivity index (χ0n) is 12.8. The summed E-state index contributed by atoms with van der Waals surface area (Å²) < 4.78 is 0.897. The van der Waals surface area contributed by atoms with Crippen LogP contribution in [-0.2, 0) is 11.3 Å². The minimum Gasteiger partial charge on any atom is -0.288 e. The lowest BCUT2D eigenvalue weighted by Crippen LogP contribution is -2.75. The number of rotatable bonds is 4. The average Bonchev–Trinajstić information content (AvgIpc) is 2.61. The van der Waals surface area contributed by atoms with Crippen LogP contribution in [0.15, 0.2) is 71.2 Å². The monoisotopic (exact) mass is 383 g/mol. The third-order valence-corrected chi connectivity index (χ3v) is 4.14. The van der Waals surface area contributed by atoms with E-state index >= 15 is 0 Å². The van der Waals surface area contributed by atoms with Gasteiger partial charge in [0.1, 0.15) is 0 Å². The van der Waals surface area contributed by atoms with E-state index in [9.17, 15) is 4.79 Å². The van der Waals surface area contributed by atoms with E-state index in [4.69, 9.17) is 10.6 Å². The van der Waals surface area contributed by atoms with Crippen molar-refractivity contribution in [1.29, 1.82) is 0 Å². The second-order valence-electron chi connectivity index (χ2n) is 5.34. The van der Waals surface area contributed by atoms with Gasteiger partial charge in [0, 0.05) is 4.47 Å². The van der Waals surface area contributed by atoms with Gasteiger partial charge in [-0.25, -0.2) is 4.79 Å². The standard InChI is InChI=1S/C19H15BrN2O2/c20-16-10-8-14(9-11-16)19(23)24-22-18(21)12-15-6-3-5-13-4-1-2-7-17(13)15/h1-11H,12H2,(H2,21,22)/p+1. The first-order chi connectivity index (χ1) is 11.6. The summed E-state index contributed by atoms with van der Waals surface area (Å²) in [5.74, 6) is -0.111. The van der Waals surface area contributed by atoms with Crippen LogP contribution in [0.2, 0.25) is 0 Å². The molecule has 0 bridgehead atoms. The van der Waals surface area contributed by atoms with E-state index in [-0.39, 0.29) is 0 Å². The smallest absolute Gasteiger partial charge is 0.288 e. The van der Waals surface area contributed by atoms with E-state index in [1.54, 1.807) is 24.3 Å². The summed E-state index contributed by atoms with van der Waals surface area (Å²) in [6.07, 6.45) is 0.467. The number of amidine groups is 1. The molecule has 0 radical (unpaired) electrons. The quantitative estimate of drug-likeness (QED) is 0.314. The molecule has 0 saturated heterocycles. The Morgan fingerprint density at radius 3 is 2.50 bits per heavy atom. The van der Waals surface area contributed by atoms with Gasteiger partial charge in [0.2, 0.25) is 0 Å².